The number of methoxy groups -OCH3 is 1. The largest absolute Gasteiger partial charge is 0.495 e. The van der Waals surface area contributed by atoms with Gasteiger partial charge in [0.25, 0.3) is 0 Å². The number of allylic oxidation sites excluding steroid dienone is 1. The van der Waals surface area contributed by atoms with E-state index in [0.717, 1.165) is 34.1 Å². The van der Waals surface area contributed by atoms with Gasteiger partial charge in [0.2, 0.25) is 11.8 Å². The Morgan fingerprint density at radius 3 is 2.77 bits per heavy atom. The lowest BCUT2D eigenvalue weighted by molar-refractivity contribution is -0.121. The lowest BCUT2D eigenvalue weighted by Gasteiger charge is -2.25. The summed E-state index contributed by atoms with van der Waals surface area (Å²) in [7, 11) is 1.52. The maximum absolute atomic E-state index is 12.5. The molecule has 0 aliphatic carbocycles. The van der Waals surface area contributed by atoms with Crippen molar-refractivity contribution >= 4 is 40.9 Å². The summed E-state index contributed by atoms with van der Waals surface area (Å²) in [6, 6.07) is 13.2. The van der Waals surface area contributed by atoms with Crippen LogP contribution in [-0.4, -0.2) is 24.7 Å². The van der Waals surface area contributed by atoms with Crippen LogP contribution in [0.2, 0.25) is 5.02 Å². The minimum Gasteiger partial charge on any atom is -0.495 e. The molecule has 160 valence electrons. The summed E-state index contributed by atoms with van der Waals surface area (Å²) in [5, 5.41) is 16.2. The molecule has 1 atom stereocenters. The second-order valence-electron chi connectivity index (χ2n) is 7.21. The van der Waals surface area contributed by atoms with Crippen molar-refractivity contribution in [1.82, 2.24) is 5.32 Å². The van der Waals surface area contributed by atoms with Crippen molar-refractivity contribution < 1.29 is 14.3 Å². The Kier molecular flexibility index (Phi) is 7.26. The second-order valence-corrected chi connectivity index (χ2v) is 8.60. The highest BCUT2D eigenvalue weighted by molar-refractivity contribution is 8.03. The fourth-order valence-electron chi connectivity index (χ4n) is 3.31. The number of hydrogen-bond donors (Lipinski definition) is 2. The van der Waals surface area contributed by atoms with Gasteiger partial charge in [0.1, 0.15) is 5.75 Å². The van der Waals surface area contributed by atoms with Gasteiger partial charge in [0, 0.05) is 18.0 Å². The normalized spacial score (nSPS) is 15.8. The predicted molar refractivity (Wildman–Crippen MR) is 123 cm³/mol. The van der Waals surface area contributed by atoms with Crippen LogP contribution in [-0.2, 0) is 9.59 Å². The molecule has 0 saturated carbocycles. The number of halogens is 1. The molecule has 0 radical (unpaired) electrons. The molecular formula is C23H22ClN3O3S. The van der Waals surface area contributed by atoms with Gasteiger partial charge in [-0.2, -0.15) is 5.26 Å². The molecule has 0 unspecified atom stereocenters. The van der Waals surface area contributed by atoms with E-state index in [1.54, 1.807) is 18.2 Å². The number of nitriles is 1. The van der Waals surface area contributed by atoms with Crippen LogP contribution < -0.4 is 15.4 Å². The van der Waals surface area contributed by atoms with Crippen LogP contribution in [0.15, 0.2) is 47.0 Å². The van der Waals surface area contributed by atoms with E-state index in [9.17, 15) is 14.9 Å². The molecule has 1 heterocycles. The third kappa shape index (κ3) is 5.40. The van der Waals surface area contributed by atoms with E-state index >= 15 is 0 Å². The van der Waals surface area contributed by atoms with Crippen LogP contribution in [0.1, 0.15) is 29.0 Å². The molecule has 0 fully saturated rings. The zero-order chi connectivity index (χ0) is 22.5. The van der Waals surface area contributed by atoms with Crippen molar-refractivity contribution in [3.63, 3.8) is 0 Å². The third-order valence-electron chi connectivity index (χ3n) is 4.95. The number of anilines is 1. The van der Waals surface area contributed by atoms with E-state index in [4.69, 9.17) is 16.3 Å². The number of hydrogen-bond acceptors (Lipinski definition) is 5. The van der Waals surface area contributed by atoms with Gasteiger partial charge in [-0.3, -0.25) is 9.59 Å². The number of nitrogens with zero attached hydrogens (tertiary/aromatic N) is 1. The maximum atomic E-state index is 12.5. The fraction of sp³-hybridized carbons (Fsp3) is 0.261. The molecule has 0 bridgehead atoms. The Morgan fingerprint density at radius 2 is 2.10 bits per heavy atom. The van der Waals surface area contributed by atoms with Crippen LogP contribution in [0.5, 0.6) is 5.75 Å². The number of rotatable bonds is 6. The number of ether oxygens (including phenoxy) is 1. The lowest BCUT2D eigenvalue weighted by Crippen LogP contribution is -2.31. The predicted octanol–water partition coefficient (Wildman–Crippen LogP) is 4.68. The third-order valence-corrected chi connectivity index (χ3v) is 6.26. The van der Waals surface area contributed by atoms with Crippen molar-refractivity contribution in [2.75, 3.05) is 18.2 Å². The monoisotopic (exact) mass is 455 g/mol. The first-order valence-electron chi connectivity index (χ1n) is 9.59. The Hall–Kier alpha value is -2.95. The van der Waals surface area contributed by atoms with Crippen LogP contribution in [0.3, 0.4) is 0 Å². The molecule has 31 heavy (non-hydrogen) atoms. The van der Waals surface area contributed by atoms with E-state index < -0.39 is 5.92 Å². The molecular weight excluding hydrogens is 434 g/mol. The van der Waals surface area contributed by atoms with Gasteiger partial charge < -0.3 is 15.4 Å². The van der Waals surface area contributed by atoms with Crippen molar-refractivity contribution in [3.05, 3.63) is 68.7 Å². The number of aryl methyl sites for hydroxylation is 2. The molecule has 6 nitrogen and oxygen atoms in total. The zero-order valence-corrected chi connectivity index (χ0v) is 19.0. The first-order chi connectivity index (χ1) is 14.8. The lowest BCUT2D eigenvalue weighted by atomic mass is 9.87. The van der Waals surface area contributed by atoms with Crippen molar-refractivity contribution in [2.24, 2.45) is 0 Å². The van der Waals surface area contributed by atoms with Gasteiger partial charge >= 0.3 is 0 Å². The molecule has 0 saturated heterocycles. The summed E-state index contributed by atoms with van der Waals surface area (Å²) in [5.41, 5.74) is 3.91. The molecule has 0 spiro atoms. The average molecular weight is 456 g/mol. The van der Waals surface area contributed by atoms with E-state index in [-0.39, 0.29) is 24.0 Å². The first-order valence-corrected chi connectivity index (χ1v) is 11.0. The summed E-state index contributed by atoms with van der Waals surface area (Å²) in [6.07, 6.45) is 0.129. The van der Waals surface area contributed by atoms with Crippen LogP contribution in [0, 0.1) is 25.2 Å². The first kappa shape index (κ1) is 22.7. The number of carbonyl (C=O) groups excluding carboxylic acids is 2. The maximum Gasteiger partial charge on any atom is 0.234 e. The van der Waals surface area contributed by atoms with E-state index in [1.165, 1.54) is 7.11 Å². The highest BCUT2D eigenvalue weighted by Gasteiger charge is 2.30. The van der Waals surface area contributed by atoms with Gasteiger partial charge in [-0.1, -0.05) is 41.6 Å². The number of thioether (sulfide) groups is 1. The Balaban J connectivity index is 1.79. The van der Waals surface area contributed by atoms with Crippen LogP contribution in [0.25, 0.3) is 0 Å². The standard InChI is InChI=1S/C23H22ClN3O3S/c1-13-4-5-14(2)19(8-13)26-22(29)12-31-23-17(11-25)16(10-21(28)27-23)15-6-7-20(30-3)18(24)9-15/h4-9,16H,10,12H2,1-3H3,(H,26,29)(H,27,28)/t16-/m1/s1. The molecule has 2 N–H and O–H groups in total. The quantitative estimate of drug-likeness (QED) is 0.660. The van der Waals surface area contributed by atoms with Gasteiger partial charge in [0.05, 0.1) is 34.6 Å². The number of nitrogens with one attached hydrogen (secondary N) is 2. The molecule has 2 aromatic carbocycles. The molecule has 8 heteroatoms. The highest BCUT2D eigenvalue weighted by atomic mass is 35.5. The van der Waals surface area contributed by atoms with E-state index in [2.05, 4.69) is 16.7 Å². The van der Waals surface area contributed by atoms with E-state index in [0.29, 0.717) is 21.4 Å². The summed E-state index contributed by atoms with van der Waals surface area (Å²) >= 11 is 7.37. The van der Waals surface area contributed by atoms with Gasteiger partial charge in [-0.05, 0) is 48.7 Å². The minimum atomic E-state index is -0.438. The second kappa shape index (κ2) is 9.90. The SMILES string of the molecule is COc1ccc([C@H]2CC(=O)NC(SCC(=O)Nc3cc(C)ccc3C)=C2C#N)cc1Cl. The minimum absolute atomic E-state index is 0.0598. The molecule has 2 aromatic rings. The molecule has 1 aliphatic rings. The molecule has 3 rings (SSSR count). The fourth-order valence-corrected chi connectivity index (χ4v) is 4.45. The molecule has 2 amide bonds. The Labute approximate surface area is 190 Å². The topological polar surface area (TPSA) is 91.2 Å². The van der Waals surface area contributed by atoms with Crippen molar-refractivity contribution in [1.29, 1.82) is 5.26 Å². The molecule has 1 aliphatic heterocycles. The zero-order valence-electron chi connectivity index (χ0n) is 17.4. The van der Waals surface area contributed by atoms with Crippen LogP contribution >= 0.6 is 23.4 Å². The number of amides is 2. The highest BCUT2D eigenvalue weighted by Crippen LogP contribution is 2.38. The van der Waals surface area contributed by atoms with Gasteiger partial charge in [-0.15, -0.1) is 0 Å². The summed E-state index contributed by atoms with van der Waals surface area (Å²) < 4.78 is 5.18. The number of benzene rings is 2. The summed E-state index contributed by atoms with van der Waals surface area (Å²) in [4.78, 5) is 24.8. The smallest absolute Gasteiger partial charge is 0.234 e. The summed E-state index contributed by atoms with van der Waals surface area (Å²) in [5.74, 6) is -0.289. The average Bonchev–Trinajstić information content (AvgIpc) is 2.74. The van der Waals surface area contributed by atoms with Crippen LogP contribution in [0.4, 0.5) is 5.69 Å². The molecule has 0 aromatic heterocycles. The van der Waals surface area contributed by atoms with Crippen molar-refractivity contribution in [2.45, 2.75) is 26.2 Å². The van der Waals surface area contributed by atoms with Gasteiger partial charge in [-0.25, -0.2) is 0 Å². The Morgan fingerprint density at radius 1 is 1.32 bits per heavy atom. The summed E-state index contributed by atoms with van der Waals surface area (Å²) in [6.45, 7) is 3.88. The number of carbonyl (C=O) groups is 2. The van der Waals surface area contributed by atoms with Gasteiger partial charge in [0.15, 0.2) is 0 Å². The Bertz CT molecular complexity index is 1110. The van der Waals surface area contributed by atoms with E-state index in [1.807, 2.05) is 32.0 Å². The van der Waals surface area contributed by atoms with Crippen molar-refractivity contribution in [3.8, 4) is 11.8 Å².